The van der Waals surface area contributed by atoms with Gasteiger partial charge in [-0.05, 0) is 43.2 Å². The lowest BCUT2D eigenvalue weighted by Gasteiger charge is -2.11. The van der Waals surface area contributed by atoms with Crippen molar-refractivity contribution in [1.29, 1.82) is 0 Å². The van der Waals surface area contributed by atoms with Crippen LogP contribution in [0, 0.1) is 0 Å². The summed E-state index contributed by atoms with van der Waals surface area (Å²) in [6.07, 6.45) is 2.70. The van der Waals surface area contributed by atoms with E-state index in [4.69, 9.17) is 9.84 Å². The van der Waals surface area contributed by atoms with E-state index in [1.807, 2.05) is 79.3 Å². The van der Waals surface area contributed by atoms with Crippen LogP contribution in [-0.2, 0) is 6.54 Å². The number of carbonyl (C=O) groups is 1. The van der Waals surface area contributed by atoms with E-state index in [1.54, 1.807) is 7.11 Å². The summed E-state index contributed by atoms with van der Waals surface area (Å²) in [4.78, 5) is 12.8. The molecule has 0 fully saturated rings. The highest BCUT2D eigenvalue weighted by atomic mass is 16.5. The highest BCUT2D eigenvalue weighted by Gasteiger charge is 2.19. The number of amides is 1. The second-order valence-electron chi connectivity index (χ2n) is 6.59. The summed E-state index contributed by atoms with van der Waals surface area (Å²) in [6, 6.07) is 17.8. The average molecular weight is 363 g/mol. The number of hydrogen-bond donors (Lipinski definition) is 1. The maximum atomic E-state index is 12.8. The number of nitrogens with zero attached hydrogens (tertiary/aromatic N) is 2. The number of nitrogens with one attached hydrogen (secondary N) is 1. The van der Waals surface area contributed by atoms with Crippen LogP contribution in [0.1, 0.15) is 36.2 Å². The predicted molar refractivity (Wildman–Crippen MR) is 107 cm³/mol. The van der Waals surface area contributed by atoms with E-state index in [9.17, 15) is 4.79 Å². The molecule has 140 valence electrons. The lowest BCUT2D eigenvalue weighted by atomic mass is 10.1. The third-order valence-electron chi connectivity index (χ3n) is 4.55. The van der Waals surface area contributed by atoms with Gasteiger partial charge in [-0.25, -0.2) is 0 Å². The van der Waals surface area contributed by atoms with Crippen molar-refractivity contribution in [3.05, 3.63) is 71.9 Å². The van der Waals surface area contributed by atoms with Gasteiger partial charge in [-0.2, -0.15) is 5.10 Å². The van der Waals surface area contributed by atoms with Crippen molar-refractivity contribution < 1.29 is 9.53 Å². The van der Waals surface area contributed by atoms with Crippen molar-refractivity contribution in [1.82, 2.24) is 15.1 Å². The fourth-order valence-electron chi connectivity index (χ4n) is 2.80. The molecule has 1 N–H and O–H groups in total. The van der Waals surface area contributed by atoms with Gasteiger partial charge in [0.2, 0.25) is 0 Å². The number of carbonyl (C=O) groups excluding carboxylic acids is 1. The lowest BCUT2D eigenvalue weighted by molar-refractivity contribution is 0.0940. The van der Waals surface area contributed by atoms with Crippen LogP contribution < -0.4 is 10.1 Å². The summed E-state index contributed by atoms with van der Waals surface area (Å²) in [6.45, 7) is 4.66. The highest BCUT2D eigenvalue weighted by molar-refractivity contribution is 6.00. The van der Waals surface area contributed by atoms with Gasteiger partial charge in [-0.15, -0.1) is 0 Å². The minimum atomic E-state index is -0.102. The van der Waals surface area contributed by atoms with Gasteiger partial charge in [0, 0.05) is 17.8 Å². The van der Waals surface area contributed by atoms with E-state index in [1.165, 1.54) is 0 Å². The maximum absolute atomic E-state index is 12.8. The average Bonchev–Trinajstić information content (AvgIpc) is 3.12. The highest BCUT2D eigenvalue weighted by Crippen LogP contribution is 2.25. The topological polar surface area (TPSA) is 56.2 Å². The summed E-state index contributed by atoms with van der Waals surface area (Å²) in [5, 5.41) is 7.74. The molecule has 1 heterocycles. The van der Waals surface area contributed by atoms with Gasteiger partial charge in [0.25, 0.3) is 5.91 Å². The number of aromatic nitrogens is 2. The molecule has 27 heavy (non-hydrogen) atoms. The monoisotopic (exact) mass is 363 g/mol. The van der Waals surface area contributed by atoms with Gasteiger partial charge in [0.15, 0.2) is 0 Å². The van der Waals surface area contributed by atoms with Gasteiger partial charge in [0.05, 0.1) is 19.2 Å². The molecule has 1 aromatic heterocycles. The van der Waals surface area contributed by atoms with Crippen molar-refractivity contribution in [3.8, 4) is 17.0 Å². The predicted octanol–water partition coefficient (Wildman–Crippen LogP) is 4.14. The molecule has 0 saturated carbocycles. The smallest absolute Gasteiger partial charge is 0.255 e. The zero-order chi connectivity index (χ0) is 19.2. The van der Waals surface area contributed by atoms with Gasteiger partial charge in [-0.3, -0.25) is 9.48 Å². The van der Waals surface area contributed by atoms with E-state index >= 15 is 0 Å². The number of benzene rings is 2. The third-order valence-corrected chi connectivity index (χ3v) is 4.55. The second kappa shape index (κ2) is 8.54. The van der Waals surface area contributed by atoms with Crippen LogP contribution in [0.4, 0.5) is 0 Å². The van der Waals surface area contributed by atoms with Crippen LogP contribution in [0.2, 0.25) is 0 Å². The Bertz CT molecular complexity index is 886. The van der Waals surface area contributed by atoms with Crippen molar-refractivity contribution in [2.24, 2.45) is 0 Å². The SMILES string of the molecule is CCC(C)NC(=O)c1cn(Cc2ccccc2)nc1-c1ccc(OC)cc1. The zero-order valence-corrected chi connectivity index (χ0v) is 16.0. The second-order valence-corrected chi connectivity index (χ2v) is 6.59. The van der Waals surface area contributed by atoms with E-state index in [-0.39, 0.29) is 11.9 Å². The number of hydrogen-bond acceptors (Lipinski definition) is 3. The molecule has 0 aliphatic carbocycles. The molecule has 0 aliphatic heterocycles. The van der Waals surface area contributed by atoms with Crippen molar-refractivity contribution in [2.75, 3.05) is 7.11 Å². The van der Waals surface area contributed by atoms with Crippen LogP contribution >= 0.6 is 0 Å². The van der Waals surface area contributed by atoms with Gasteiger partial charge in [-0.1, -0.05) is 37.3 Å². The molecule has 0 bridgehead atoms. The van der Waals surface area contributed by atoms with Gasteiger partial charge >= 0.3 is 0 Å². The molecule has 5 nitrogen and oxygen atoms in total. The first-order valence-electron chi connectivity index (χ1n) is 9.17. The third kappa shape index (κ3) is 4.56. The summed E-state index contributed by atoms with van der Waals surface area (Å²) < 4.78 is 7.05. The normalized spacial score (nSPS) is 11.8. The molecule has 0 aliphatic rings. The quantitative estimate of drug-likeness (QED) is 0.686. The molecule has 2 aromatic carbocycles. The van der Waals surface area contributed by atoms with E-state index < -0.39 is 0 Å². The number of rotatable bonds is 7. The summed E-state index contributed by atoms with van der Waals surface area (Å²) in [5.41, 5.74) is 3.28. The molecule has 0 spiro atoms. The molecule has 3 aromatic rings. The Morgan fingerprint density at radius 1 is 1.15 bits per heavy atom. The van der Waals surface area contributed by atoms with Crippen LogP contribution in [0.5, 0.6) is 5.75 Å². The molecule has 0 radical (unpaired) electrons. The molecule has 1 atom stereocenters. The summed E-state index contributed by atoms with van der Waals surface area (Å²) in [5.74, 6) is 0.669. The largest absolute Gasteiger partial charge is 0.497 e. The first kappa shape index (κ1) is 18.7. The fraction of sp³-hybridized carbons (Fsp3) is 0.273. The first-order valence-corrected chi connectivity index (χ1v) is 9.17. The van der Waals surface area contributed by atoms with Crippen LogP contribution in [0.25, 0.3) is 11.3 Å². The Morgan fingerprint density at radius 2 is 1.85 bits per heavy atom. The Balaban J connectivity index is 1.96. The molecular formula is C22H25N3O2. The minimum absolute atomic E-state index is 0.102. The van der Waals surface area contributed by atoms with Gasteiger partial charge in [0.1, 0.15) is 11.4 Å². The Labute approximate surface area is 160 Å². The summed E-state index contributed by atoms with van der Waals surface area (Å²) >= 11 is 0. The fourth-order valence-corrected chi connectivity index (χ4v) is 2.80. The minimum Gasteiger partial charge on any atom is -0.497 e. The molecule has 1 amide bonds. The van der Waals surface area contributed by atoms with Gasteiger partial charge < -0.3 is 10.1 Å². The Kier molecular flexibility index (Phi) is 5.91. The molecule has 3 rings (SSSR count). The summed E-state index contributed by atoms with van der Waals surface area (Å²) in [7, 11) is 1.63. The zero-order valence-electron chi connectivity index (χ0n) is 16.0. The van der Waals surface area contributed by atoms with Crippen molar-refractivity contribution in [2.45, 2.75) is 32.9 Å². The van der Waals surface area contributed by atoms with Crippen LogP contribution in [-0.4, -0.2) is 28.8 Å². The lowest BCUT2D eigenvalue weighted by Crippen LogP contribution is -2.32. The van der Waals surface area contributed by atoms with E-state index in [2.05, 4.69) is 5.32 Å². The number of ether oxygens (including phenoxy) is 1. The molecule has 0 saturated heterocycles. The van der Waals surface area contributed by atoms with Crippen LogP contribution in [0.3, 0.4) is 0 Å². The Hall–Kier alpha value is -3.08. The molecule has 5 heteroatoms. The first-order chi connectivity index (χ1) is 13.1. The van der Waals surface area contributed by atoms with Crippen molar-refractivity contribution in [3.63, 3.8) is 0 Å². The standard InChI is InChI=1S/C22H25N3O2/c1-4-16(2)23-22(26)20-15-25(14-17-8-6-5-7-9-17)24-21(20)18-10-12-19(27-3)13-11-18/h5-13,15-16H,4,14H2,1-3H3,(H,23,26). The Morgan fingerprint density at radius 3 is 2.48 bits per heavy atom. The van der Waals surface area contributed by atoms with Crippen molar-refractivity contribution >= 4 is 5.91 Å². The van der Waals surface area contributed by atoms with Crippen LogP contribution in [0.15, 0.2) is 60.8 Å². The molecular weight excluding hydrogens is 338 g/mol. The van der Waals surface area contributed by atoms with E-state index in [0.29, 0.717) is 17.8 Å². The number of methoxy groups -OCH3 is 1. The molecule has 1 unspecified atom stereocenters. The van der Waals surface area contributed by atoms with E-state index in [0.717, 1.165) is 23.3 Å². The maximum Gasteiger partial charge on any atom is 0.255 e.